The molecular formula is C14H18Cl3NO. The maximum absolute atomic E-state index is 6.16. The molecule has 1 fully saturated rings. The van der Waals surface area contributed by atoms with Gasteiger partial charge in [-0.15, -0.1) is 0 Å². The van der Waals surface area contributed by atoms with E-state index in [1.165, 1.54) is 0 Å². The van der Waals surface area contributed by atoms with E-state index in [4.69, 9.17) is 45.3 Å². The maximum atomic E-state index is 6.16. The summed E-state index contributed by atoms with van der Waals surface area (Å²) in [5.74, 6) is 0.510. The van der Waals surface area contributed by atoms with E-state index in [0.29, 0.717) is 20.8 Å². The Kier molecular flexibility index (Phi) is 4.56. The molecular weight excluding hydrogens is 305 g/mol. The topological polar surface area (TPSA) is 35.2 Å². The zero-order chi connectivity index (χ0) is 14.2. The zero-order valence-electron chi connectivity index (χ0n) is 11.1. The van der Waals surface area contributed by atoms with Crippen LogP contribution < -0.4 is 10.5 Å². The molecule has 0 aliphatic heterocycles. The van der Waals surface area contributed by atoms with E-state index < -0.39 is 0 Å². The fourth-order valence-electron chi connectivity index (χ4n) is 2.96. The van der Waals surface area contributed by atoms with E-state index >= 15 is 0 Å². The third-order valence-electron chi connectivity index (χ3n) is 4.39. The van der Waals surface area contributed by atoms with Gasteiger partial charge in [0.05, 0.1) is 10.0 Å². The first-order chi connectivity index (χ1) is 8.94. The van der Waals surface area contributed by atoms with Crippen LogP contribution >= 0.6 is 34.8 Å². The molecule has 0 saturated heterocycles. The number of hydrogen-bond donors (Lipinski definition) is 1. The van der Waals surface area contributed by atoms with Crippen LogP contribution in [0.15, 0.2) is 12.1 Å². The highest BCUT2D eigenvalue weighted by molar-refractivity contribution is 6.40. The van der Waals surface area contributed by atoms with Crippen LogP contribution in [0.4, 0.5) is 0 Å². The summed E-state index contributed by atoms with van der Waals surface area (Å²) in [7, 11) is 0. The molecule has 2 nitrogen and oxygen atoms in total. The lowest BCUT2D eigenvalue weighted by Crippen LogP contribution is -2.63. The summed E-state index contributed by atoms with van der Waals surface area (Å²) in [5.41, 5.74) is 6.18. The van der Waals surface area contributed by atoms with Gasteiger partial charge in [0, 0.05) is 22.9 Å². The molecule has 1 aromatic carbocycles. The van der Waals surface area contributed by atoms with Gasteiger partial charge in [-0.05, 0) is 25.0 Å². The van der Waals surface area contributed by atoms with Crippen LogP contribution in [0.5, 0.6) is 5.75 Å². The molecule has 106 valence electrons. The van der Waals surface area contributed by atoms with Crippen molar-refractivity contribution in [3.05, 3.63) is 27.2 Å². The number of hydrogen-bond acceptors (Lipinski definition) is 2. The third kappa shape index (κ3) is 2.56. The molecule has 1 saturated carbocycles. The van der Waals surface area contributed by atoms with Crippen molar-refractivity contribution < 1.29 is 4.74 Å². The molecule has 0 aromatic heterocycles. The van der Waals surface area contributed by atoms with Crippen LogP contribution in [-0.4, -0.2) is 12.1 Å². The molecule has 1 aliphatic carbocycles. The van der Waals surface area contributed by atoms with E-state index in [2.05, 4.69) is 13.8 Å². The van der Waals surface area contributed by atoms with Crippen molar-refractivity contribution in [2.24, 2.45) is 11.1 Å². The van der Waals surface area contributed by atoms with E-state index in [1.807, 2.05) is 0 Å². The Morgan fingerprint density at radius 1 is 1.21 bits per heavy atom. The van der Waals surface area contributed by atoms with Gasteiger partial charge in [-0.25, -0.2) is 0 Å². The van der Waals surface area contributed by atoms with Crippen molar-refractivity contribution in [1.82, 2.24) is 0 Å². The molecule has 2 N–H and O–H groups in total. The predicted octanol–water partition coefficient (Wildman–Crippen LogP) is 4.93. The predicted molar refractivity (Wildman–Crippen MR) is 81.5 cm³/mol. The molecule has 19 heavy (non-hydrogen) atoms. The average Bonchev–Trinajstić information content (AvgIpc) is 2.33. The fraction of sp³-hybridized carbons (Fsp3) is 0.571. The Labute approximate surface area is 129 Å². The van der Waals surface area contributed by atoms with Gasteiger partial charge in [-0.2, -0.15) is 0 Å². The van der Waals surface area contributed by atoms with Gasteiger partial charge in [0.15, 0.2) is 5.75 Å². The highest BCUT2D eigenvalue weighted by Crippen LogP contribution is 2.49. The number of rotatable bonds is 4. The second kappa shape index (κ2) is 5.69. The van der Waals surface area contributed by atoms with Crippen molar-refractivity contribution in [2.75, 3.05) is 0 Å². The Morgan fingerprint density at radius 2 is 1.74 bits per heavy atom. The number of benzene rings is 1. The van der Waals surface area contributed by atoms with Crippen molar-refractivity contribution >= 4 is 34.8 Å². The summed E-state index contributed by atoms with van der Waals surface area (Å²) in [6, 6.07) is 3.46. The second-order valence-electron chi connectivity index (χ2n) is 5.09. The standard InChI is InChI=1S/C14H18Cl3NO/c1-3-14(4-2)11(18)7-12(14)19-13-9(16)5-8(15)6-10(13)17/h5-6,11-12H,3-4,7,18H2,1-2H3. The molecule has 2 rings (SSSR count). The number of halogens is 3. The molecule has 0 amide bonds. The quantitative estimate of drug-likeness (QED) is 0.853. The molecule has 0 radical (unpaired) electrons. The maximum Gasteiger partial charge on any atom is 0.157 e. The summed E-state index contributed by atoms with van der Waals surface area (Å²) in [5, 5.41) is 1.39. The third-order valence-corrected chi connectivity index (χ3v) is 5.17. The molecule has 0 bridgehead atoms. The largest absolute Gasteiger partial charge is 0.487 e. The van der Waals surface area contributed by atoms with Gasteiger partial charge >= 0.3 is 0 Å². The molecule has 2 atom stereocenters. The molecule has 0 heterocycles. The van der Waals surface area contributed by atoms with Gasteiger partial charge < -0.3 is 10.5 Å². The van der Waals surface area contributed by atoms with E-state index in [0.717, 1.165) is 19.3 Å². The van der Waals surface area contributed by atoms with Crippen LogP contribution in [-0.2, 0) is 0 Å². The van der Waals surface area contributed by atoms with E-state index in [1.54, 1.807) is 12.1 Å². The molecule has 1 aromatic rings. The zero-order valence-corrected chi connectivity index (χ0v) is 13.3. The first-order valence-electron chi connectivity index (χ1n) is 6.51. The van der Waals surface area contributed by atoms with Crippen LogP contribution in [0.2, 0.25) is 15.1 Å². The van der Waals surface area contributed by atoms with Gasteiger partial charge in [0.2, 0.25) is 0 Å². The van der Waals surface area contributed by atoms with Crippen LogP contribution in [0.25, 0.3) is 0 Å². The summed E-state index contributed by atoms with van der Waals surface area (Å²) in [6.07, 6.45) is 2.86. The van der Waals surface area contributed by atoms with Crippen molar-refractivity contribution in [2.45, 2.75) is 45.3 Å². The van der Waals surface area contributed by atoms with Gasteiger partial charge in [0.25, 0.3) is 0 Å². The minimum Gasteiger partial charge on any atom is -0.487 e. The summed E-state index contributed by atoms with van der Waals surface area (Å²) < 4.78 is 6.03. The smallest absolute Gasteiger partial charge is 0.157 e. The Morgan fingerprint density at radius 3 is 2.16 bits per heavy atom. The molecule has 2 unspecified atom stereocenters. The monoisotopic (exact) mass is 321 g/mol. The molecule has 0 spiro atoms. The summed E-state index contributed by atoms with van der Waals surface area (Å²) >= 11 is 18.2. The lowest BCUT2D eigenvalue weighted by Gasteiger charge is -2.53. The highest BCUT2D eigenvalue weighted by Gasteiger charge is 2.52. The normalized spacial score (nSPS) is 24.9. The van der Waals surface area contributed by atoms with Crippen LogP contribution in [0.3, 0.4) is 0 Å². The number of nitrogens with two attached hydrogens (primary N) is 1. The average molecular weight is 323 g/mol. The Bertz CT molecular complexity index is 451. The summed E-state index contributed by atoms with van der Waals surface area (Å²) in [4.78, 5) is 0. The molecule has 1 aliphatic rings. The lowest BCUT2D eigenvalue weighted by molar-refractivity contribution is -0.0721. The minimum atomic E-state index is 0.0201. The summed E-state index contributed by atoms with van der Waals surface area (Å²) in [6.45, 7) is 4.29. The van der Waals surface area contributed by atoms with Crippen LogP contribution in [0, 0.1) is 5.41 Å². The van der Waals surface area contributed by atoms with Gasteiger partial charge in [-0.3, -0.25) is 0 Å². The first kappa shape index (κ1) is 15.2. The van der Waals surface area contributed by atoms with Crippen molar-refractivity contribution in [3.8, 4) is 5.75 Å². The lowest BCUT2D eigenvalue weighted by atomic mass is 9.59. The van der Waals surface area contributed by atoms with Gasteiger partial charge in [-0.1, -0.05) is 48.7 Å². The first-order valence-corrected chi connectivity index (χ1v) is 7.64. The fourth-order valence-corrected chi connectivity index (χ4v) is 3.86. The molecule has 5 heteroatoms. The highest BCUT2D eigenvalue weighted by atomic mass is 35.5. The Hall–Kier alpha value is -0.150. The SMILES string of the molecule is CCC1(CC)C(N)CC1Oc1c(Cl)cc(Cl)cc1Cl. The van der Waals surface area contributed by atoms with E-state index in [-0.39, 0.29) is 17.6 Å². The van der Waals surface area contributed by atoms with Crippen LogP contribution in [0.1, 0.15) is 33.1 Å². The minimum absolute atomic E-state index is 0.0201. The second-order valence-corrected chi connectivity index (χ2v) is 6.34. The van der Waals surface area contributed by atoms with Crippen molar-refractivity contribution in [1.29, 1.82) is 0 Å². The van der Waals surface area contributed by atoms with E-state index in [9.17, 15) is 0 Å². The number of ether oxygens (including phenoxy) is 1. The Balaban J connectivity index is 2.23. The van der Waals surface area contributed by atoms with Gasteiger partial charge in [0.1, 0.15) is 6.10 Å². The van der Waals surface area contributed by atoms with Crippen molar-refractivity contribution in [3.63, 3.8) is 0 Å².